The number of pyridine rings is 1. The fourth-order valence-electron chi connectivity index (χ4n) is 2.65. The highest BCUT2D eigenvalue weighted by molar-refractivity contribution is 5.94. The van der Waals surface area contributed by atoms with Crippen LogP contribution in [0.4, 0.5) is 4.39 Å². The van der Waals surface area contributed by atoms with Crippen molar-refractivity contribution in [3.05, 3.63) is 45.5 Å². The first kappa shape index (κ1) is 13.8. The lowest BCUT2D eigenvalue weighted by molar-refractivity contribution is 0.0524. The van der Waals surface area contributed by atoms with Gasteiger partial charge in [-0.3, -0.25) is 4.79 Å². The molecule has 0 saturated heterocycles. The van der Waals surface area contributed by atoms with Crippen molar-refractivity contribution in [1.82, 2.24) is 4.57 Å². The van der Waals surface area contributed by atoms with E-state index in [1.54, 1.807) is 20.0 Å². The van der Waals surface area contributed by atoms with Gasteiger partial charge in [-0.05, 0) is 44.4 Å². The predicted molar refractivity (Wildman–Crippen MR) is 77.1 cm³/mol. The second-order valence-corrected chi connectivity index (χ2v) is 5.35. The molecular formula is C16H16FNO3. The van der Waals surface area contributed by atoms with Crippen LogP contribution in [0.15, 0.2) is 23.1 Å². The average Bonchev–Trinajstić information content (AvgIpc) is 3.24. The molecule has 0 amide bonds. The lowest BCUT2D eigenvalue weighted by Crippen LogP contribution is -2.21. The van der Waals surface area contributed by atoms with Crippen molar-refractivity contribution in [3.63, 3.8) is 0 Å². The molecular weight excluding hydrogens is 273 g/mol. The quantitative estimate of drug-likeness (QED) is 0.816. The van der Waals surface area contributed by atoms with Crippen LogP contribution in [0.5, 0.6) is 0 Å². The summed E-state index contributed by atoms with van der Waals surface area (Å²) in [7, 11) is 0. The Hall–Kier alpha value is -2.17. The van der Waals surface area contributed by atoms with Gasteiger partial charge in [0.05, 0.1) is 12.1 Å². The van der Waals surface area contributed by atoms with Crippen molar-refractivity contribution in [2.75, 3.05) is 6.61 Å². The van der Waals surface area contributed by atoms with Crippen molar-refractivity contribution in [2.24, 2.45) is 0 Å². The molecule has 0 bridgehead atoms. The summed E-state index contributed by atoms with van der Waals surface area (Å²) in [5, 5.41) is 0.241. The molecule has 3 rings (SSSR count). The number of aryl methyl sites for hydroxylation is 1. The highest BCUT2D eigenvalue weighted by atomic mass is 19.1. The van der Waals surface area contributed by atoms with Gasteiger partial charge in [0.25, 0.3) is 0 Å². The fourth-order valence-corrected chi connectivity index (χ4v) is 2.65. The largest absolute Gasteiger partial charge is 0.462 e. The summed E-state index contributed by atoms with van der Waals surface area (Å²) in [4.78, 5) is 24.4. The SMILES string of the molecule is CCOC(=O)c1cn(C2CC2)c2c(C)cc(F)cc2c1=O. The van der Waals surface area contributed by atoms with Gasteiger partial charge in [-0.1, -0.05) is 0 Å². The minimum atomic E-state index is -0.652. The van der Waals surface area contributed by atoms with Gasteiger partial charge in [-0.2, -0.15) is 0 Å². The number of esters is 1. The third-order valence-corrected chi connectivity index (χ3v) is 3.72. The Morgan fingerprint density at radius 3 is 2.76 bits per heavy atom. The summed E-state index contributed by atoms with van der Waals surface area (Å²) in [6.07, 6.45) is 3.55. The minimum absolute atomic E-state index is 0.0266. The van der Waals surface area contributed by atoms with E-state index in [2.05, 4.69) is 0 Å². The van der Waals surface area contributed by atoms with Crippen LogP contribution in [0.3, 0.4) is 0 Å². The third-order valence-electron chi connectivity index (χ3n) is 3.72. The Morgan fingerprint density at radius 2 is 2.14 bits per heavy atom. The van der Waals surface area contributed by atoms with Crippen molar-refractivity contribution in [2.45, 2.75) is 32.7 Å². The first-order chi connectivity index (χ1) is 10.0. The van der Waals surface area contributed by atoms with Crippen LogP contribution in [0.25, 0.3) is 10.9 Å². The fraction of sp³-hybridized carbons (Fsp3) is 0.375. The number of fused-ring (bicyclic) bond motifs is 1. The number of halogens is 1. The normalized spacial score (nSPS) is 14.4. The van der Waals surface area contributed by atoms with Gasteiger partial charge in [0, 0.05) is 17.6 Å². The zero-order valence-electron chi connectivity index (χ0n) is 12.0. The molecule has 1 aromatic heterocycles. The summed E-state index contributed by atoms with van der Waals surface area (Å²) in [5.41, 5.74) is 0.908. The Labute approximate surface area is 121 Å². The lowest BCUT2D eigenvalue weighted by Gasteiger charge is -2.14. The first-order valence-electron chi connectivity index (χ1n) is 7.05. The van der Waals surface area contributed by atoms with Crippen molar-refractivity contribution >= 4 is 16.9 Å². The molecule has 0 unspecified atom stereocenters. The molecule has 1 aromatic carbocycles. The van der Waals surface area contributed by atoms with Crippen LogP contribution in [0.1, 0.15) is 41.7 Å². The van der Waals surface area contributed by atoms with E-state index >= 15 is 0 Å². The van der Waals surface area contributed by atoms with E-state index in [1.807, 2.05) is 4.57 Å². The molecule has 0 spiro atoms. The van der Waals surface area contributed by atoms with E-state index in [0.29, 0.717) is 11.1 Å². The van der Waals surface area contributed by atoms with Crippen LogP contribution in [-0.4, -0.2) is 17.1 Å². The molecule has 0 radical (unpaired) electrons. The molecule has 4 nitrogen and oxygen atoms in total. The van der Waals surface area contributed by atoms with Gasteiger partial charge < -0.3 is 9.30 Å². The van der Waals surface area contributed by atoms with Crippen molar-refractivity contribution in [3.8, 4) is 0 Å². The maximum atomic E-state index is 13.6. The Balaban J connectivity index is 2.34. The molecule has 0 aliphatic heterocycles. The highest BCUT2D eigenvalue weighted by Crippen LogP contribution is 2.37. The molecule has 0 N–H and O–H groups in total. The topological polar surface area (TPSA) is 48.3 Å². The standard InChI is InChI=1S/C16H16FNO3/c1-3-21-16(20)13-8-18(11-4-5-11)14-9(2)6-10(17)7-12(14)15(13)19/h6-8,11H,3-5H2,1-2H3. The molecule has 1 saturated carbocycles. The van der Waals surface area contributed by atoms with Gasteiger partial charge >= 0.3 is 5.97 Å². The summed E-state index contributed by atoms with van der Waals surface area (Å²) in [6.45, 7) is 3.65. The number of benzene rings is 1. The predicted octanol–water partition coefficient (Wildman–Crippen LogP) is 2.96. The smallest absolute Gasteiger partial charge is 0.343 e. The third kappa shape index (κ3) is 2.33. The number of aromatic nitrogens is 1. The maximum Gasteiger partial charge on any atom is 0.343 e. The average molecular weight is 289 g/mol. The molecule has 1 fully saturated rings. The highest BCUT2D eigenvalue weighted by Gasteiger charge is 2.27. The number of hydrogen-bond acceptors (Lipinski definition) is 3. The van der Waals surface area contributed by atoms with E-state index in [4.69, 9.17) is 4.74 Å². The number of rotatable bonds is 3. The number of ether oxygens (including phenoxy) is 1. The summed E-state index contributed by atoms with van der Waals surface area (Å²) in [6, 6.07) is 2.88. The molecule has 0 atom stereocenters. The van der Waals surface area contributed by atoms with E-state index < -0.39 is 17.2 Å². The van der Waals surface area contributed by atoms with Gasteiger partial charge in [0.1, 0.15) is 11.4 Å². The molecule has 2 aromatic rings. The van der Waals surface area contributed by atoms with Crippen LogP contribution >= 0.6 is 0 Å². The Kier molecular flexibility index (Phi) is 3.27. The molecule has 1 aliphatic carbocycles. The molecule has 1 heterocycles. The number of nitrogens with zero attached hydrogens (tertiary/aromatic N) is 1. The van der Waals surface area contributed by atoms with Crippen LogP contribution in [0.2, 0.25) is 0 Å². The number of carbonyl (C=O) groups is 1. The molecule has 5 heteroatoms. The van der Waals surface area contributed by atoms with E-state index in [0.717, 1.165) is 12.8 Å². The van der Waals surface area contributed by atoms with Crippen molar-refractivity contribution < 1.29 is 13.9 Å². The minimum Gasteiger partial charge on any atom is -0.462 e. The summed E-state index contributed by atoms with van der Waals surface area (Å²) < 4.78 is 20.5. The van der Waals surface area contributed by atoms with Gasteiger partial charge in [-0.15, -0.1) is 0 Å². The summed E-state index contributed by atoms with van der Waals surface area (Å²) >= 11 is 0. The Morgan fingerprint density at radius 1 is 1.43 bits per heavy atom. The first-order valence-corrected chi connectivity index (χ1v) is 7.05. The van der Waals surface area contributed by atoms with E-state index in [1.165, 1.54) is 12.1 Å². The van der Waals surface area contributed by atoms with Crippen LogP contribution in [-0.2, 0) is 4.74 Å². The van der Waals surface area contributed by atoms with Crippen molar-refractivity contribution in [1.29, 1.82) is 0 Å². The van der Waals surface area contributed by atoms with Gasteiger partial charge in [-0.25, -0.2) is 9.18 Å². The monoisotopic (exact) mass is 289 g/mol. The molecule has 21 heavy (non-hydrogen) atoms. The molecule has 1 aliphatic rings. The molecule has 110 valence electrons. The maximum absolute atomic E-state index is 13.6. The zero-order chi connectivity index (χ0) is 15.1. The number of carbonyl (C=O) groups excluding carboxylic acids is 1. The second kappa shape index (κ2) is 4.98. The van der Waals surface area contributed by atoms with Gasteiger partial charge in [0.2, 0.25) is 5.43 Å². The lowest BCUT2D eigenvalue weighted by atomic mass is 10.1. The second-order valence-electron chi connectivity index (χ2n) is 5.35. The van der Waals surface area contributed by atoms with Crippen LogP contribution < -0.4 is 5.43 Å². The summed E-state index contributed by atoms with van der Waals surface area (Å²) in [5.74, 6) is -1.12. The van der Waals surface area contributed by atoms with Crippen LogP contribution in [0, 0.1) is 12.7 Å². The Bertz CT molecular complexity index is 790. The number of hydrogen-bond donors (Lipinski definition) is 0. The zero-order valence-corrected chi connectivity index (χ0v) is 12.0. The van der Waals surface area contributed by atoms with E-state index in [9.17, 15) is 14.0 Å². The van der Waals surface area contributed by atoms with E-state index in [-0.39, 0.29) is 23.6 Å². The van der Waals surface area contributed by atoms with Gasteiger partial charge in [0.15, 0.2) is 0 Å².